The van der Waals surface area contributed by atoms with E-state index in [1.807, 2.05) is 0 Å². The van der Waals surface area contributed by atoms with Crippen LogP contribution < -0.4 is 5.73 Å². The lowest BCUT2D eigenvalue weighted by molar-refractivity contribution is -0.158. The number of alkyl halides is 2. The van der Waals surface area contributed by atoms with Gasteiger partial charge in [0.2, 0.25) is 5.91 Å². The summed E-state index contributed by atoms with van der Waals surface area (Å²) in [5.41, 5.74) is 2.48. The van der Waals surface area contributed by atoms with Gasteiger partial charge in [0.25, 0.3) is 0 Å². The highest BCUT2D eigenvalue weighted by Crippen LogP contribution is 2.50. The van der Waals surface area contributed by atoms with Crippen molar-refractivity contribution in [3.05, 3.63) is 71.3 Å². The first-order valence-electron chi connectivity index (χ1n) is 10.4. The van der Waals surface area contributed by atoms with Gasteiger partial charge in [-0.15, -0.1) is 0 Å². The van der Waals surface area contributed by atoms with Crippen LogP contribution in [0.1, 0.15) is 43.7 Å². The molecule has 2 saturated carbocycles. The van der Waals surface area contributed by atoms with Gasteiger partial charge in [-0.1, -0.05) is 24.3 Å². The summed E-state index contributed by atoms with van der Waals surface area (Å²) in [5, 5.41) is 0. The summed E-state index contributed by atoms with van der Waals surface area (Å²) in [6.07, 6.45) is 0.280. The Morgan fingerprint density at radius 2 is 1.34 bits per heavy atom. The van der Waals surface area contributed by atoms with E-state index in [-0.39, 0.29) is 31.7 Å². The summed E-state index contributed by atoms with van der Waals surface area (Å²) >= 11 is 0. The van der Waals surface area contributed by atoms with Gasteiger partial charge in [0.15, 0.2) is 0 Å². The molecule has 0 radical (unpaired) electrons. The van der Waals surface area contributed by atoms with E-state index in [1.54, 1.807) is 13.0 Å². The predicted molar refractivity (Wildman–Crippen MR) is 110 cm³/mol. The minimum atomic E-state index is -1.58. The van der Waals surface area contributed by atoms with Crippen molar-refractivity contribution in [2.75, 3.05) is 6.61 Å². The number of carbonyl (C=O) groups excluding carboxylic acids is 2. The average Bonchev–Trinajstić information content (AvgIpc) is 2.69. The number of rotatable bonds is 5. The Hall–Kier alpha value is -2.90. The number of halogens is 4. The number of nitrogens with two attached hydrogens (primary N) is 1. The maximum absolute atomic E-state index is 14.3. The normalized spacial score (nSPS) is 28.4. The van der Waals surface area contributed by atoms with Crippen LogP contribution in [0.25, 0.3) is 0 Å². The van der Waals surface area contributed by atoms with Crippen LogP contribution >= 0.6 is 0 Å². The van der Waals surface area contributed by atoms with Gasteiger partial charge in [0.05, 0.1) is 12.5 Å². The van der Waals surface area contributed by atoms with E-state index in [0.29, 0.717) is 17.7 Å². The lowest BCUT2D eigenvalue weighted by atomic mass is 9.68. The molecule has 0 heterocycles. The molecular formula is C24H25F4NO3. The van der Waals surface area contributed by atoms with Crippen molar-refractivity contribution in [3.8, 4) is 0 Å². The Balaban J connectivity index is 0.000000182. The molecule has 8 heteroatoms. The van der Waals surface area contributed by atoms with Crippen molar-refractivity contribution in [2.24, 2.45) is 17.6 Å². The molecule has 2 fully saturated rings. The van der Waals surface area contributed by atoms with E-state index in [2.05, 4.69) is 0 Å². The standard InChI is InChI=1S/C13H14F2O2.C11H11F2NO/c1-2-17-12(16)9-7-13(15,8-9)10-4-3-5-11(14)6-10;12-9-3-1-2-8(4-9)11(13)5-7(6-11)10(14)15/h3-6,9H,2,7-8H2,1H3;1-4,7H,5-6H2,(H2,14,15). The van der Waals surface area contributed by atoms with Crippen molar-refractivity contribution in [2.45, 2.75) is 43.9 Å². The molecular weight excluding hydrogens is 426 g/mol. The number of hydrogen-bond donors (Lipinski definition) is 1. The highest BCUT2D eigenvalue weighted by molar-refractivity contribution is 5.78. The molecule has 0 spiro atoms. The van der Waals surface area contributed by atoms with E-state index in [1.165, 1.54) is 36.4 Å². The third kappa shape index (κ3) is 5.11. The summed E-state index contributed by atoms with van der Waals surface area (Å²) in [6.45, 7) is 2.01. The molecule has 2 aromatic carbocycles. The molecule has 172 valence electrons. The molecule has 0 atom stereocenters. The predicted octanol–water partition coefficient (Wildman–Crippen LogP) is 4.85. The second-order valence-corrected chi connectivity index (χ2v) is 8.32. The topological polar surface area (TPSA) is 69.4 Å². The molecule has 2 aromatic rings. The van der Waals surface area contributed by atoms with Crippen LogP contribution in [0.5, 0.6) is 0 Å². The first-order chi connectivity index (χ1) is 15.1. The van der Waals surface area contributed by atoms with Gasteiger partial charge < -0.3 is 10.5 Å². The molecule has 1 amide bonds. The van der Waals surface area contributed by atoms with E-state index in [0.717, 1.165) is 6.07 Å². The maximum Gasteiger partial charge on any atom is 0.309 e. The smallest absolute Gasteiger partial charge is 0.309 e. The second kappa shape index (κ2) is 9.30. The fraction of sp³-hybridized carbons (Fsp3) is 0.417. The van der Waals surface area contributed by atoms with Crippen molar-refractivity contribution in [3.63, 3.8) is 0 Å². The van der Waals surface area contributed by atoms with Gasteiger partial charge in [0.1, 0.15) is 23.0 Å². The van der Waals surface area contributed by atoms with Gasteiger partial charge in [0, 0.05) is 5.92 Å². The maximum atomic E-state index is 14.3. The fourth-order valence-corrected chi connectivity index (χ4v) is 4.08. The largest absolute Gasteiger partial charge is 0.466 e. The zero-order chi connectivity index (χ0) is 23.5. The number of benzene rings is 2. The highest BCUT2D eigenvalue weighted by atomic mass is 19.2. The Morgan fingerprint density at radius 1 is 0.906 bits per heavy atom. The van der Waals surface area contributed by atoms with Crippen molar-refractivity contribution >= 4 is 11.9 Å². The van der Waals surface area contributed by atoms with Crippen LogP contribution in [0.4, 0.5) is 17.6 Å². The van der Waals surface area contributed by atoms with E-state index < -0.39 is 40.7 Å². The van der Waals surface area contributed by atoms with Crippen LogP contribution in [0.2, 0.25) is 0 Å². The molecule has 4 nitrogen and oxygen atoms in total. The monoisotopic (exact) mass is 451 g/mol. The van der Waals surface area contributed by atoms with E-state index in [4.69, 9.17) is 10.5 Å². The molecule has 4 rings (SSSR count). The SMILES string of the molecule is CCOC(=O)C1CC(F)(c2cccc(F)c2)C1.NC(=O)C1CC(F)(c2cccc(F)c2)C1. The summed E-state index contributed by atoms with van der Waals surface area (Å²) in [4.78, 5) is 22.1. The number of esters is 1. The zero-order valence-corrected chi connectivity index (χ0v) is 17.6. The number of hydrogen-bond acceptors (Lipinski definition) is 3. The minimum Gasteiger partial charge on any atom is -0.466 e. The van der Waals surface area contributed by atoms with Crippen LogP contribution in [-0.2, 0) is 25.7 Å². The number of primary amides is 1. The van der Waals surface area contributed by atoms with E-state index in [9.17, 15) is 27.2 Å². The van der Waals surface area contributed by atoms with Crippen LogP contribution in [0, 0.1) is 23.5 Å². The average molecular weight is 451 g/mol. The first kappa shape index (κ1) is 23.8. The van der Waals surface area contributed by atoms with Crippen LogP contribution in [-0.4, -0.2) is 18.5 Å². The third-order valence-corrected chi connectivity index (χ3v) is 5.99. The fourth-order valence-electron chi connectivity index (χ4n) is 4.08. The molecule has 2 aliphatic rings. The number of amides is 1. The molecule has 0 bridgehead atoms. The van der Waals surface area contributed by atoms with Gasteiger partial charge in [-0.25, -0.2) is 17.6 Å². The van der Waals surface area contributed by atoms with Crippen LogP contribution in [0.15, 0.2) is 48.5 Å². The minimum absolute atomic E-state index is 0.0613. The first-order valence-corrected chi connectivity index (χ1v) is 10.4. The van der Waals surface area contributed by atoms with E-state index >= 15 is 0 Å². The quantitative estimate of drug-likeness (QED) is 0.522. The molecule has 0 aliphatic heterocycles. The molecule has 0 unspecified atom stereocenters. The van der Waals surface area contributed by atoms with Gasteiger partial charge in [-0.05, 0) is 68.0 Å². The molecule has 32 heavy (non-hydrogen) atoms. The van der Waals surface area contributed by atoms with Gasteiger partial charge >= 0.3 is 5.97 Å². The molecule has 2 N–H and O–H groups in total. The van der Waals surface area contributed by atoms with Crippen molar-refractivity contribution in [1.29, 1.82) is 0 Å². The Kier molecular flexibility index (Phi) is 6.91. The summed E-state index contributed by atoms with van der Waals surface area (Å²) in [5.74, 6) is -2.59. The lowest BCUT2D eigenvalue weighted by Crippen LogP contribution is -2.43. The molecule has 0 aromatic heterocycles. The number of ether oxygens (including phenoxy) is 1. The number of carbonyl (C=O) groups is 2. The third-order valence-electron chi connectivity index (χ3n) is 5.99. The Labute approximate surface area is 183 Å². The van der Waals surface area contributed by atoms with Gasteiger partial charge in [-0.2, -0.15) is 0 Å². The summed E-state index contributed by atoms with van der Waals surface area (Å²) in [6, 6.07) is 10.9. The lowest BCUT2D eigenvalue weighted by Gasteiger charge is -2.40. The summed E-state index contributed by atoms with van der Waals surface area (Å²) < 4.78 is 59.0. The zero-order valence-electron chi connectivity index (χ0n) is 17.6. The van der Waals surface area contributed by atoms with Crippen LogP contribution in [0.3, 0.4) is 0 Å². The highest BCUT2D eigenvalue weighted by Gasteiger charge is 2.50. The molecule has 2 aliphatic carbocycles. The molecule has 0 saturated heterocycles. The second-order valence-electron chi connectivity index (χ2n) is 8.32. The van der Waals surface area contributed by atoms with Crippen molar-refractivity contribution < 1.29 is 31.9 Å². The Morgan fingerprint density at radius 3 is 1.72 bits per heavy atom. The van der Waals surface area contributed by atoms with Gasteiger partial charge in [-0.3, -0.25) is 9.59 Å². The summed E-state index contributed by atoms with van der Waals surface area (Å²) in [7, 11) is 0. The Bertz CT molecular complexity index is 985. The van der Waals surface area contributed by atoms with Crippen molar-refractivity contribution in [1.82, 2.24) is 0 Å².